The van der Waals surface area contributed by atoms with Crippen molar-refractivity contribution in [3.8, 4) is 11.1 Å². The molecular formula is C24H28N2O5. The number of benzene rings is 2. The fourth-order valence-corrected chi connectivity index (χ4v) is 3.95. The minimum Gasteiger partial charge on any atom is -0.480 e. The van der Waals surface area contributed by atoms with Crippen LogP contribution in [0.25, 0.3) is 11.1 Å². The summed E-state index contributed by atoms with van der Waals surface area (Å²) in [6.07, 6.45) is 0.552. The van der Waals surface area contributed by atoms with Crippen LogP contribution in [0.15, 0.2) is 48.5 Å². The molecule has 2 aromatic rings. The zero-order valence-corrected chi connectivity index (χ0v) is 17.8. The number of rotatable bonds is 9. The van der Waals surface area contributed by atoms with E-state index in [1.807, 2.05) is 43.3 Å². The summed E-state index contributed by atoms with van der Waals surface area (Å²) in [4.78, 5) is 36.1. The molecule has 164 valence electrons. The molecule has 0 bridgehead atoms. The van der Waals surface area contributed by atoms with Crippen molar-refractivity contribution >= 4 is 18.0 Å². The molecule has 0 radical (unpaired) electrons. The van der Waals surface area contributed by atoms with Crippen molar-refractivity contribution in [3.63, 3.8) is 0 Å². The molecule has 31 heavy (non-hydrogen) atoms. The summed E-state index contributed by atoms with van der Waals surface area (Å²) < 4.78 is 5.48. The first-order chi connectivity index (χ1) is 15.0. The van der Waals surface area contributed by atoms with Gasteiger partial charge in [0.2, 0.25) is 5.91 Å². The van der Waals surface area contributed by atoms with Crippen molar-refractivity contribution in [3.05, 3.63) is 59.7 Å². The predicted molar refractivity (Wildman–Crippen MR) is 117 cm³/mol. The van der Waals surface area contributed by atoms with Crippen LogP contribution >= 0.6 is 0 Å². The van der Waals surface area contributed by atoms with Crippen LogP contribution in [0.4, 0.5) is 4.79 Å². The smallest absolute Gasteiger partial charge is 0.407 e. The van der Waals surface area contributed by atoms with Crippen molar-refractivity contribution in [1.82, 2.24) is 10.6 Å². The Hall–Kier alpha value is -3.35. The standard InChI is InChI=1S/C24H28N2O5/c1-3-9-21(23(28)29)25-22(27)20(4-2)26-24(30)31-14-19-17-12-7-5-10-15(17)16-11-6-8-13-18(16)19/h5-8,10-13,19-21H,3-4,9,14H2,1-2H3,(H,25,27)(H,26,30)(H,28,29)/t20?,21-/m1/s1. The second kappa shape index (κ2) is 10.1. The summed E-state index contributed by atoms with van der Waals surface area (Å²) in [6.45, 7) is 3.73. The van der Waals surface area contributed by atoms with Gasteiger partial charge in [-0.15, -0.1) is 0 Å². The number of carboxylic acid groups (broad SMARTS) is 1. The third-order valence-electron chi connectivity index (χ3n) is 5.55. The molecule has 0 aliphatic heterocycles. The number of fused-ring (bicyclic) bond motifs is 3. The Morgan fingerprint density at radius 2 is 1.52 bits per heavy atom. The van der Waals surface area contributed by atoms with Crippen LogP contribution in [0.3, 0.4) is 0 Å². The highest BCUT2D eigenvalue weighted by Gasteiger charge is 2.30. The van der Waals surface area contributed by atoms with Crippen LogP contribution in [0, 0.1) is 0 Å². The molecule has 0 aromatic heterocycles. The van der Waals surface area contributed by atoms with E-state index < -0.39 is 30.1 Å². The zero-order valence-electron chi connectivity index (χ0n) is 17.8. The highest BCUT2D eigenvalue weighted by Crippen LogP contribution is 2.44. The number of alkyl carbamates (subject to hydrolysis) is 1. The summed E-state index contributed by atoms with van der Waals surface area (Å²) in [5.74, 6) is -1.70. The number of carboxylic acids is 1. The molecule has 2 atom stereocenters. The van der Waals surface area contributed by atoms with Crippen LogP contribution in [-0.4, -0.2) is 41.8 Å². The second-order valence-electron chi connectivity index (χ2n) is 7.62. The highest BCUT2D eigenvalue weighted by atomic mass is 16.5. The topological polar surface area (TPSA) is 105 Å². The molecule has 0 saturated heterocycles. The van der Waals surface area contributed by atoms with Gasteiger partial charge in [0.05, 0.1) is 0 Å². The lowest BCUT2D eigenvalue weighted by Crippen LogP contribution is -2.51. The number of carbonyl (C=O) groups excluding carboxylic acids is 2. The number of ether oxygens (including phenoxy) is 1. The van der Waals surface area contributed by atoms with Gasteiger partial charge in [-0.05, 0) is 35.1 Å². The molecule has 1 aliphatic carbocycles. The van der Waals surface area contributed by atoms with Gasteiger partial charge in [0, 0.05) is 5.92 Å². The van der Waals surface area contributed by atoms with Crippen molar-refractivity contribution in [2.24, 2.45) is 0 Å². The molecule has 1 unspecified atom stereocenters. The van der Waals surface area contributed by atoms with Gasteiger partial charge in [-0.3, -0.25) is 4.79 Å². The summed E-state index contributed by atoms with van der Waals surface area (Å²) >= 11 is 0. The first kappa shape index (κ1) is 22.3. The van der Waals surface area contributed by atoms with Gasteiger partial charge in [0.1, 0.15) is 18.7 Å². The van der Waals surface area contributed by atoms with Crippen molar-refractivity contribution in [2.75, 3.05) is 6.61 Å². The van der Waals surface area contributed by atoms with Gasteiger partial charge in [-0.2, -0.15) is 0 Å². The molecule has 0 heterocycles. The lowest BCUT2D eigenvalue weighted by Gasteiger charge is -2.21. The Labute approximate surface area is 181 Å². The number of nitrogens with one attached hydrogen (secondary N) is 2. The number of hydrogen-bond donors (Lipinski definition) is 3. The Morgan fingerprint density at radius 1 is 0.935 bits per heavy atom. The average molecular weight is 424 g/mol. The first-order valence-electron chi connectivity index (χ1n) is 10.6. The minimum absolute atomic E-state index is 0.0759. The summed E-state index contributed by atoms with van der Waals surface area (Å²) in [6, 6.07) is 14.2. The molecular weight excluding hydrogens is 396 g/mol. The van der Waals surface area contributed by atoms with Gasteiger partial charge < -0.3 is 20.5 Å². The maximum Gasteiger partial charge on any atom is 0.407 e. The van der Waals surface area contributed by atoms with Crippen LogP contribution in [0.2, 0.25) is 0 Å². The molecule has 2 amide bonds. The van der Waals surface area contributed by atoms with Gasteiger partial charge >= 0.3 is 12.1 Å². The van der Waals surface area contributed by atoms with E-state index in [0.717, 1.165) is 22.3 Å². The predicted octanol–water partition coefficient (Wildman–Crippen LogP) is 3.67. The molecule has 3 rings (SSSR count). The van der Waals surface area contributed by atoms with Crippen LogP contribution in [0.5, 0.6) is 0 Å². The van der Waals surface area contributed by atoms with E-state index in [4.69, 9.17) is 4.74 Å². The molecule has 7 nitrogen and oxygen atoms in total. The Kier molecular flexibility index (Phi) is 7.28. The Bertz CT molecular complexity index is 913. The normalized spacial score (nSPS) is 14.1. The van der Waals surface area contributed by atoms with Gasteiger partial charge in [-0.1, -0.05) is 68.8 Å². The summed E-state index contributed by atoms with van der Waals surface area (Å²) in [7, 11) is 0. The fourth-order valence-electron chi connectivity index (χ4n) is 3.95. The molecule has 0 saturated carbocycles. The molecule has 3 N–H and O–H groups in total. The maximum atomic E-state index is 12.4. The first-order valence-corrected chi connectivity index (χ1v) is 10.6. The van der Waals surface area contributed by atoms with E-state index in [2.05, 4.69) is 22.8 Å². The third-order valence-corrected chi connectivity index (χ3v) is 5.55. The Morgan fingerprint density at radius 3 is 2.03 bits per heavy atom. The van der Waals surface area contributed by atoms with Gasteiger partial charge in [-0.25, -0.2) is 9.59 Å². The molecule has 2 aromatic carbocycles. The van der Waals surface area contributed by atoms with Crippen LogP contribution in [-0.2, 0) is 14.3 Å². The van der Waals surface area contributed by atoms with Gasteiger partial charge in [0.15, 0.2) is 0 Å². The molecule has 7 heteroatoms. The number of aliphatic carboxylic acids is 1. The van der Waals surface area contributed by atoms with E-state index in [0.29, 0.717) is 19.3 Å². The van der Waals surface area contributed by atoms with Gasteiger partial charge in [0.25, 0.3) is 0 Å². The third kappa shape index (κ3) is 5.05. The number of amides is 2. The van der Waals surface area contributed by atoms with E-state index in [9.17, 15) is 19.5 Å². The summed E-state index contributed by atoms with van der Waals surface area (Å²) in [5, 5.41) is 14.3. The molecule has 1 aliphatic rings. The fraction of sp³-hybridized carbons (Fsp3) is 0.375. The highest BCUT2D eigenvalue weighted by molar-refractivity contribution is 5.89. The Balaban J connectivity index is 1.62. The van der Waals surface area contributed by atoms with E-state index in [1.165, 1.54) is 0 Å². The number of hydrogen-bond acceptors (Lipinski definition) is 4. The summed E-state index contributed by atoms with van der Waals surface area (Å²) in [5.41, 5.74) is 4.47. The number of carbonyl (C=O) groups is 3. The lowest BCUT2D eigenvalue weighted by molar-refractivity contribution is -0.142. The van der Waals surface area contributed by atoms with Crippen LogP contribution in [0.1, 0.15) is 50.2 Å². The quantitative estimate of drug-likeness (QED) is 0.570. The largest absolute Gasteiger partial charge is 0.480 e. The molecule has 0 spiro atoms. The second-order valence-corrected chi connectivity index (χ2v) is 7.62. The van der Waals surface area contributed by atoms with Crippen LogP contribution < -0.4 is 10.6 Å². The molecule has 0 fully saturated rings. The maximum absolute atomic E-state index is 12.4. The van der Waals surface area contributed by atoms with Crippen molar-refractivity contribution in [2.45, 2.75) is 51.1 Å². The zero-order chi connectivity index (χ0) is 22.4. The van der Waals surface area contributed by atoms with E-state index in [-0.39, 0.29) is 12.5 Å². The van der Waals surface area contributed by atoms with E-state index in [1.54, 1.807) is 6.92 Å². The van der Waals surface area contributed by atoms with Crippen molar-refractivity contribution in [1.29, 1.82) is 0 Å². The SMILES string of the molecule is CCC[C@@H](NC(=O)C(CC)NC(=O)OCC1c2ccccc2-c2ccccc21)C(=O)O. The lowest BCUT2D eigenvalue weighted by atomic mass is 9.98. The average Bonchev–Trinajstić information content (AvgIpc) is 3.09. The van der Waals surface area contributed by atoms with E-state index >= 15 is 0 Å². The monoisotopic (exact) mass is 424 g/mol. The van der Waals surface area contributed by atoms with Crippen molar-refractivity contribution < 1.29 is 24.2 Å². The minimum atomic E-state index is -1.09.